The van der Waals surface area contributed by atoms with Gasteiger partial charge in [0.1, 0.15) is 0 Å². The lowest BCUT2D eigenvalue weighted by molar-refractivity contribution is 0.861. The van der Waals surface area contributed by atoms with Gasteiger partial charge < -0.3 is 0 Å². The van der Waals surface area contributed by atoms with E-state index in [0.29, 0.717) is 5.92 Å². The molecule has 0 saturated carbocycles. The van der Waals surface area contributed by atoms with Gasteiger partial charge >= 0.3 is 0 Å². The van der Waals surface area contributed by atoms with Gasteiger partial charge in [0.05, 0.1) is 0 Å². The molecule has 0 fully saturated rings. The molecule has 12 heavy (non-hydrogen) atoms. The summed E-state index contributed by atoms with van der Waals surface area (Å²) in [6.45, 7) is 8.37. The Hall–Kier alpha value is -0.430. The van der Waals surface area contributed by atoms with Crippen LogP contribution >= 0.6 is 11.8 Å². The summed E-state index contributed by atoms with van der Waals surface area (Å²) in [4.78, 5) is 1.31. The fourth-order valence-electron chi connectivity index (χ4n) is 1.14. The fourth-order valence-corrected chi connectivity index (χ4v) is 1.66. The summed E-state index contributed by atoms with van der Waals surface area (Å²) >= 11 is 1.77. The maximum atomic E-state index is 3.96. The first-order valence-electron chi connectivity index (χ1n) is 4.14. The van der Waals surface area contributed by atoms with Crippen molar-refractivity contribution in [2.75, 3.05) is 6.26 Å². The van der Waals surface area contributed by atoms with E-state index in [-0.39, 0.29) is 0 Å². The van der Waals surface area contributed by atoms with Crippen LogP contribution in [0.1, 0.15) is 30.9 Å². The highest BCUT2D eigenvalue weighted by atomic mass is 32.2. The molecule has 0 spiro atoms. The van der Waals surface area contributed by atoms with Gasteiger partial charge in [-0.05, 0) is 42.4 Å². The Bertz CT molecular complexity index is 264. The van der Waals surface area contributed by atoms with Crippen molar-refractivity contribution in [3.05, 3.63) is 36.2 Å². The predicted octanol–water partition coefficient (Wildman–Crippen LogP) is 3.71. The highest BCUT2D eigenvalue weighted by Crippen LogP contribution is 2.23. The zero-order chi connectivity index (χ0) is 9.14. The minimum atomic E-state index is 0.595. The highest BCUT2D eigenvalue weighted by molar-refractivity contribution is 7.98. The zero-order valence-electron chi connectivity index (χ0n) is 7.92. The van der Waals surface area contributed by atoms with Crippen molar-refractivity contribution in [3.8, 4) is 0 Å². The summed E-state index contributed by atoms with van der Waals surface area (Å²) in [5, 5.41) is 0. The number of rotatable bonds is 2. The van der Waals surface area contributed by atoms with E-state index >= 15 is 0 Å². The van der Waals surface area contributed by atoms with Crippen LogP contribution in [0.5, 0.6) is 0 Å². The third-order valence-corrected chi connectivity index (χ3v) is 2.60. The quantitative estimate of drug-likeness (QED) is 0.624. The first kappa shape index (κ1) is 9.66. The molecular weight excluding hydrogens is 164 g/mol. The van der Waals surface area contributed by atoms with Crippen molar-refractivity contribution in [2.24, 2.45) is 0 Å². The van der Waals surface area contributed by atoms with Crippen LogP contribution in [0, 0.1) is 6.92 Å². The largest absolute Gasteiger partial charge is 0.130 e. The van der Waals surface area contributed by atoms with Crippen molar-refractivity contribution < 1.29 is 0 Å². The smallest absolute Gasteiger partial charge is 0.00747 e. The molecule has 0 unspecified atom stereocenters. The Morgan fingerprint density at radius 1 is 1.25 bits per heavy atom. The van der Waals surface area contributed by atoms with E-state index < -0.39 is 0 Å². The van der Waals surface area contributed by atoms with Crippen molar-refractivity contribution in [3.63, 3.8) is 0 Å². The molecule has 0 aliphatic rings. The molecule has 1 aromatic carbocycles. The fraction of sp³-hybridized carbons (Fsp3) is 0.364. The van der Waals surface area contributed by atoms with Gasteiger partial charge in [0.15, 0.2) is 0 Å². The van der Waals surface area contributed by atoms with Gasteiger partial charge in [-0.1, -0.05) is 19.9 Å². The molecular formula is C11H15S. The average molecular weight is 179 g/mol. The van der Waals surface area contributed by atoms with Crippen molar-refractivity contribution in [2.45, 2.75) is 24.7 Å². The van der Waals surface area contributed by atoms with Crippen LogP contribution in [0.4, 0.5) is 0 Å². The van der Waals surface area contributed by atoms with E-state index in [1.165, 1.54) is 10.5 Å². The molecule has 0 saturated heterocycles. The minimum absolute atomic E-state index is 0.595. The molecule has 1 aromatic rings. The molecule has 65 valence electrons. The first-order chi connectivity index (χ1) is 5.63. The Morgan fingerprint density at radius 2 is 1.92 bits per heavy atom. The van der Waals surface area contributed by atoms with Crippen molar-refractivity contribution in [1.82, 2.24) is 0 Å². The van der Waals surface area contributed by atoms with Crippen molar-refractivity contribution >= 4 is 11.8 Å². The number of benzene rings is 1. The van der Waals surface area contributed by atoms with Gasteiger partial charge in [0, 0.05) is 4.90 Å². The van der Waals surface area contributed by atoms with E-state index in [4.69, 9.17) is 0 Å². The van der Waals surface area contributed by atoms with Crippen LogP contribution in [0.15, 0.2) is 23.1 Å². The lowest BCUT2D eigenvalue weighted by Crippen LogP contribution is -1.88. The van der Waals surface area contributed by atoms with E-state index in [2.05, 4.69) is 45.2 Å². The molecule has 0 aliphatic carbocycles. The minimum Gasteiger partial charge on any atom is -0.130 e. The van der Waals surface area contributed by atoms with Gasteiger partial charge in [-0.2, -0.15) is 0 Å². The average Bonchev–Trinajstić information content (AvgIpc) is 2.03. The number of hydrogen-bond acceptors (Lipinski definition) is 1. The van der Waals surface area contributed by atoms with Crippen LogP contribution in [0.2, 0.25) is 0 Å². The predicted molar refractivity (Wildman–Crippen MR) is 56.8 cm³/mol. The summed E-state index contributed by atoms with van der Waals surface area (Å²) in [7, 11) is 0. The van der Waals surface area contributed by atoms with Gasteiger partial charge in [0.25, 0.3) is 0 Å². The molecule has 1 heteroatoms. The van der Waals surface area contributed by atoms with Gasteiger partial charge in [-0.3, -0.25) is 0 Å². The summed E-state index contributed by atoms with van der Waals surface area (Å²) in [6.07, 6.45) is 2.10. The third-order valence-electron chi connectivity index (χ3n) is 1.89. The SMILES string of the molecule is [CH2]c1cc(SC)cc(C(C)C)c1. The summed E-state index contributed by atoms with van der Waals surface area (Å²) < 4.78 is 0. The van der Waals surface area contributed by atoms with Gasteiger partial charge in [0.2, 0.25) is 0 Å². The van der Waals surface area contributed by atoms with Gasteiger partial charge in [-0.15, -0.1) is 11.8 Å². The maximum absolute atomic E-state index is 3.96. The Morgan fingerprint density at radius 3 is 2.42 bits per heavy atom. The number of hydrogen-bond donors (Lipinski definition) is 0. The lowest BCUT2D eigenvalue weighted by atomic mass is 10.0. The topological polar surface area (TPSA) is 0 Å². The highest BCUT2D eigenvalue weighted by Gasteiger charge is 2.01. The molecule has 0 atom stereocenters. The second-order valence-corrected chi connectivity index (χ2v) is 4.15. The monoisotopic (exact) mass is 179 g/mol. The van der Waals surface area contributed by atoms with E-state index in [9.17, 15) is 0 Å². The maximum Gasteiger partial charge on any atom is 0.00747 e. The normalized spacial score (nSPS) is 10.8. The Kier molecular flexibility index (Phi) is 3.21. The van der Waals surface area contributed by atoms with Crippen LogP contribution in [-0.4, -0.2) is 6.26 Å². The summed E-state index contributed by atoms with van der Waals surface area (Å²) in [5.74, 6) is 0.595. The second-order valence-electron chi connectivity index (χ2n) is 3.27. The second kappa shape index (κ2) is 3.99. The molecule has 1 rings (SSSR count). The molecule has 0 amide bonds. The van der Waals surface area contributed by atoms with Crippen LogP contribution in [0.3, 0.4) is 0 Å². The molecule has 0 heterocycles. The van der Waals surface area contributed by atoms with Crippen LogP contribution in [0.25, 0.3) is 0 Å². The number of thioether (sulfide) groups is 1. The van der Waals surface area contributed by atoms with Crippen molar-refractivity contribution in [1.29, 1.82) is 0 Å². The van der Waals surface area contributed by atoms with Crippen LogP contribution in [-0.2, 0) is 0 Å². The van der Waals surface area contributed by atoms with Gasteiger partial charge in [-0.25, -0.2) is 0 Å². The lowest BCUT2D eigenvalue weighted by Gasteiger charge is -2.08. The third kappa shape index (κ3) is 2.28. The first-order valence-corrected chi connectivity index (χ1v) is 5.37. The molecule has 0 N–H and O–H groups in total. The Balaban J connectivity index is 3.06. The summed E-state index contributed by atoms with van der Waals surface area (Å²) in [5.41, 5.74) is 2.50. The zero-order valence-corrected chi connectivity index (χ0v) is 8.74. The Labute approximate surface area is 79.4 Å². The van der Waals surface area contributed by atoms with Crippen LogP contribution < -0.4 is 0 Å². The van der Waals surface area contributed by atoms with E-state index in [1.807, 2.05) is 0 Å². The molecule has 0 bridgehead atoms. The summed E-state index contributed by atoms with van der Waals surface area (Å²) in [6, 6.07) is 6.52. The van der Waals surface area contributed by atoms with E-state index in [0.717, 1.165) is 5.56 Å². The standard InChI is InChI=1S/C11H15S/c1-8(2)10-5-9(3)6-11(7-10)12-4/h5-8H,3H2,1-2,4H3. The molecule has 1 radical (unpaired) electrons. The molecule has 0 aliphatic heterocycles. The molecule has 0 aromatic heterocycles. The molecule has 0 nitrogen and oxygen atoms in total. The van der Waals surface area contributed by atoms with E-state index in [1.54, 1.807) is 11.8 Å².